The lowest BCUT2D eigenvalue weighted by atomic mass is 10.1. The number of nitrogens with zero attached hydrogens (tertiary/aromatic N) is 5. The summed E-state index contributed by atoms with van der Waals surface area (Å²) >= 11 is 9.25. The molecule has 0 aliphatic carbocycles. The van der Waals surface area contributed by atoms with E-state index in [1.54, 1.807) is 41.4 Å². The van der Waals surface area contributed by atoms with E-state index in [4.69, 9.17) is 16.6 Å². The zero-order chi connectivity index (χ0) is 22.1. The van der Waals surface area contributed by atoms with Crippen molar-refractivity contribution in [2.45, 2.75) is 0 Å². The Balaban J connectivity index is 1.44. The van der Waals surface area contributed by atoms with Gasteiger partial charge in [-0.2, -0.15) is 0 Å². The van der Waals surface area contributed by atoms with Crippen LogP contribution in [0.5, 0.6) is 0 Å². The van der Waals surface area contributed by atoms with E-state index in [1.165, 1.54) is 0 Å². The van der Waals surface area contributed by atoms with Crippen LogP contribution in [0.15, 0.2) is 84.2 Å². The quantitative estimate of drug-likeness (QED) is 0.329. The first-order valence-corrected chi connectivity index (χ1v) is 10.7. The van der Waals surface area contributed by atoms with Crippen LogP contribution in [-0.4, -0.2) is 30.0 Å². The highest BCUT2D eigenvalue weighted by atomic mass is 79.9. The summed E-state index contributed by atoms with van der Waals surface area (Å²) in [4.78, 5) is 25.8. The highest BCUT2D eigenvalue weighted by Crippen LogP contribution is 2.25. The number of benzene rings is 2. The van der Waals surface area contributed by atoms with Gasteiger partial charge in [-0.05, 0) is 52.3 Å². The number of rotatable bonds is 4. The summed E-state index contributed by atoms with van der Waals surface area (Å²) in [7, 11) is 0. The Labute approximate surface area is 196 Å². The van der Waals surface area contributed by atoms with Gasteiger partial charge in [0.1, 0.15) is 10.9 Å². The Morgan fingerprint density at radius 3 is 2.59 bits per heavy atom. The lowest BCUT2D eigenvalue weighted by Crippen LogP contribution is -2.19. The van der Waals surface area contributed by atoms with Gasteiger partial charge in [0, 0.05) is 46.7 Å². The summed E-state index contributed by atoms with van der Waals surface area (Å²) < 4.78 is 4.41. The van der Waals surface area contributed by atoms with Crippen molar-refractivity contribution in [3.63, 3.8) is 0 Å². The topological polar surface area (TPSA) is 89.1 Å². The molecule has 0 fully saturated rings. The van der Waals surface area contributed by atoms with Gasteiger partial charge in [0.05, 0.1) is 5.69 Å². The molecule has 0 unspecified atom stereocenters. The standard InChI is InChI=1S/C22H15BrClN7O/c23-19-12-31(13-26-19)21-20-25-8-9-30(20)11-18(29-21)14-2-1-3-17(10-14)28-22(32)27-16-6-4-15(24)5-7-16/h1-13H,(H2,27,28,32). The van der Waals surface area contributed by atoms with Crippen LogP contribution in [0.2, 0.25) is 5.02 Å². The van der Waals surface area contributed by atoms with E-state index in [9.17, 15) is 4.79 Å². The van der Waals surface area contributed by atoms with Crippen LogP contribution < -0.4 is 10.6 Å². The molecule has 0 radical (unpaired) electrons. The van der Waals surface area contributed by atoms with Gasteiger partial charge < -0.3 is 15.0 Å². The van der Waals surface area contributed by atoms with Gasteiger partial charge in [-0.15, -0.1) is 0 Å². The summed E-state index contributed by atoms with van der Waals surface area (Å²) in [6.07, 6.45) is 8.96. The van der Waals surface area contributed by atoms with Gasteiger partial charge in [0.2, 0.25) is 0 Å². The van der Waals surface area contributed by atoms with E-state index in [0.29, 0.717) is 32.5 Å². The van der Waals surface area contributed by atoms with Crippen molar-refractivity contribution in [1.82, 2.24) is 23.9 Å². The van der Waals surface area contributed by atoms with E-state index >= 15 is 0 Å². The SMILES string of the molecule is O=C(Nc1ccc(Cl)cc1)Nc1cccc(-c2cn3ccnc3c(-n3cnc(Br)c3)n2)c1. The van der Waals surface area contributed by atoms with Crippen molar-refractivity contribution in [3.8, 4) is 17.1 Å². The van der Waals surface area contributed by atoms with Gasteiger partial charge in [-0.3, -0.25) is 4.57 Å². The number of amides is 2. The summed E-state index contributed by atoms with van der Waals surface area (Å²) in [5, 5.41) is 6.23. The number of imidazole rings is 2. The molecule has 0 saturated carbocycles. The van der Waals surface area contributed by atoms with Gasteiger partial charge in [-0.1, -0.05) is 23.7 Å². The average molecular weight is 509 g/mol. The number of nitrogens with one attached hydrogen (secondary N) is 2. The molecule has 10 heteroatoms. The van der Waals surface area contributed by atoms with E-state index in [2.05, 4.69) is 36.5 Å². The lowest BCUT2D eigenvalue weighted by molar-refractivity contribution is 0.262. The first-order valence-electron chi connectivity index (χ1n) is 9.53. The van der Waals surface area contributed by atoms with Crippen molar-refractivity contribution < 1.29 is 4.79 Å². The second-order valence-corrected chi connectivity index (χ2v) is 8.13. The minimum absolute atomic E-state index is 0.355. The van der Waals surface area contributed by atoms with Crippen LogP contribution in [0.3, 0.4) is 0 Å². The Morgan fingerprint density at radius 2 is 1.81 bits per heavy atom. The van der Waals surface area contributed by atoms with Gasteiger partial charge in [-0.25, -0.2) is 19.7 Å². The van der Waals surface area contributed by atoms with E-state index in [0.717, 1.165) is 11.3 Å². The largest absolute Gasteiger partial charge is 0.323 e. The Morgan fingerprint density at radius 1 is 1.00 bits per heavy atom. The van der Waals surface area contributed by atoms with Crippen molar-refractivity contribution in [1.29, 1.82) is 0 Å². The van der Waals surface area contributed by atoms with Crippen LogP contribution >= 0.6 is 27.5 Å². The molecule has 5 rings (SSSR count). The van der Waals surface area contributed by atoms with Crippen LogP contribution in [-0.2, 0) is 0 Å². The highest BCUT2D eigenvalue weighted by Gasteiger charge is 2.12. The number of carbonyl (C=O) groups is 1. The van der Waals surface area contributed by atoms with Crippen LogP contribution in [0.25, 0.3) is 22.7 Å². The summed E-state index contributed by atoms with van der Waals surface area (Å²) in [5.41, 5.74) is 3.54. The molecule has 3 heterocycles. The van der Waals surface area contributed by atoms with Crippen LogP contribution in [0, 0.1) is 0 Å². The molecule has 0 atom stereocenters. The predicted octanol–water partition coefficient (Wildman–Crippen LogP) is 5.64. The monoisotopic (exact) mass is 507 g/mol. The number of fused-ring (bicyclic) bond motifs is 1. The second kappa shape index (κ2) is 8.45. The third-order valence-electron chi connectivity index (χ3n) is 4.67. The zero-order valence-electron chi connectivity index (χ0n) is 16.4. The van der Waals surface area contributed by atoms with E-state index in [1.807, 2.05) is 47.3 Å². The van der Waals surface area contributed by atoms with Gasteiger partial charge in [0.15, 0.2) is 11.5 Å². The Bertz CT molecular complexity index is 1430. The number of urea groups is 1. The molecular formula is C22H15BrClN7O. The zero-order valence-corrected chi connectivity index (χ0v) is 18.7. The third kappa shape index (κ3) is 4.20. The highest BCUT2D eigenvalue weighted by molar-refractivity contribution is 9.10. The Kier molecular flexibility index (Phi) is 5.34. The Hall–Kier alpha value is -3.69. The normalized spacial score (nSPS) is 10.9. The second-order valence-electron chi connectivity index (χ2n) is 6.88. The molecule has 0 bridgehead atoms. The molecule has 0 aliphatic heterocycles. The predicted molar refractivity (Wildman–Crippen MR) is 127 cm³/mol. The van der Waals surface area contributed by atoms with Crippen molar-refractivity contribution in [2.75, 3.05) is 10.6 Å². The maximum Gasteiger partial charge on any atom is 0.323 e. The first-order chi connectivity index (χ1) is 15.5. The molecule has 0 saturated heterocycles. The minimum Gasteiger partial charge on any atom is -0.308 e. The maximum absolute atomic E-state index is 12.4. The third-order valence-corrected chi connectivity index (χ3v) is 5.33. The molecular weight excluding hydrogens is 494 g/mol. The van der Waals surface area contributed by atoms with Crippen LogP contribution in [0.4, 0.5) is 16.2 Å². The molecule has 2 aromatic carbocycles. The lowest BCUT2D eigenvalue weighted by Gasteiger charge is -2.11. The number of anilines is 2. The van der Waals surface area contributed by atoms with Gasteiger partial charge >= 0.3 is 6.03 Å². The molecule has 0 spiro atoms. The smallest absolute Gasteiger partial charge is 0.308 e. The fraction of sp³-hybridized carbons (Fsp3) is 0. The molecule has 32 heavy (non-hydrogen) atoms. The van der Waals surface area contributed by atoms with Crippen molar-refractivity contribution in [2.24, 2.45) is 0 Å². The maximum atomic E-state index is 12.4. The van der Waals surface area contributed by atoms with Crippen LogP contribution in [0.1, 0.15) is 0 Å². The summed E-state index contributed by atoms with van der Waals surface area (Å²) in [6.45, 7) is 0. The summed E-state index contributed by atoms with van der Waals surface area (Å²) in [6, 6.07) is 14.0. The number of hydrogen-bond donors (Lipinski definition) is 2. The fourth-order valence-electron chi connectivity index (χ4n) is 3.22. The first kappa shape index (κ1) is 20.2. The summed E-state index contributed by atoms with van der Waals surface area (Å²) in [5.74, 6) is 0.643. The van der Waals surface area contributed by atoms with E-state index < -0.39 is 0 Å². The minimum atomic E-state index is -0.355. The number of halogens is 2. The fourth-order valence-corrected chi connectivity index (χ4v) is 3.66. The van der Waals surface area contributed by atoms with Gasteiger partial charge in [0.25, 0.3) is 0 Å². The molecule has 2 amide bonds. The number of hydrogen-bond acceptors (Lipinski definition) is 4. The number of aromatic nitrogens is 5. The molecule has 5 aromatic rings. The van der Waals surface area contributed by atoms with E-state index in [-0.39, 0.29) is 6.03 Å². The average Bonchev–Trinajstić information content (AvgIpc) is 3.43. The number of carbonyl (C=O) groups excluding carboxylic acids is 1. The van der Waals surface area contributed by atoms with Crippen molar-refractivity contribution in [3.05, 3.63) is 89.3 Å². The molecule has 0 aliphatic rings. The molecule has 2 N–H and O–H groups in total. The molecule has 3 aromatic heterocycles. The molecule has 8 nitrogen and oxygen atoms in total. The molecule has 158 valence electrons. The van der Waals surface area contributed by atoms with Crippen molar-refractivity contribution >= 4 is 50.6 Å².